The molecule has 4 rings (SSSR count). The summed E-state index contributed by atoms with van der Waals surface area (Å²) in [5.74, 6) is 1.05. The average Bonchev–Trinajstić information content (AvgIpc) is 2.98. The van der Waals surface area contributed by atoms with E-state index in [1.807, 2.05) is 42.5 Å². The number of nitrogens with one attached hydrogen (secondary N) is 1. The number of carbonyl (C=O) groups is 1. The fourth-order valence-corrected chi connectivity index (χ4v) is 4.15. The number of benzene rings is 2. The van der Waals surface area contributed by atoms with Crippen LogP contribution >= 0.6 is 11.6 Å². The molecule has 3 aromatic rings. The maximum absolute atomic E-state index is 12.4. The van der Waals surface area contributed by atoms with Gasteiger partial charge in [-0.25, -0.2) is 4.98 Å². The van der Waals surface area contributed by atoms with Crippen LogP contribution in [0.3, 0.4) is 0 Å². The molecule has 0 saturated carbocycles. The molecule has 1 fully saturated rings. The van der Waals surface area contributed by atoms with Gasteiger partial charge < -0.3 is 15.1 Å². The molecule has 2 aromatic carbocycles. The quantitative estimate of drug-likeness (QED) is 0.617. The monoisotopic (exact) mass is 436 g/mol. The van der Waals surface area contributed by atoms with Gasteiger partial charge in [-0.05, 0) is 80.9 Å². The summed E-state index contributed by atoms with van der Waals surface area (Å²) in [6.07, 6.45) is 2.26. The molecule has 6 heteroatoms. The van der Waals surface area contributed by atoms with Gasteiger partial charge in [0.2, 0.25) is 5.91 Å². The first kappa shape index (κ1) is 21.6. The topological polar surface area (TPSA) is 48.5 Å². The molecule has 1 amide bonds. The van der Waals surface area contributed by atoms with Crippen molar-refractivity contribution in [3.63, 3.8) is 0 Å². The molecule has 5 nitrogen and oxygen atoms in total. The molecule has 0 atom stereocenters. The van der Waals surface area contributed by atoms with E-state index in [4.69, 9.17) is 16.6 Å². The molecule has 1 N–H and O–H groups in total. The van der Waals surface area contributed by atoms with E-state index in [1.165, 1.54) is 5.56 Å². The summed E-state index contributed by atoms with van der Waals surface area (Å²) in [4.78, 5) is 22.1. The standard InChI is InChI=1S/C25H29ClN4O/c1-18-16-24(30-13-3-12-29(2)14-15-30)28-23-10-9-21(17-22(18)23)27-25(31)11-6-19-4-7-20(26)8-5-19/h4-5,7-10,16-17H,3,6,11-15H2,1-2H3,(H,27,31). The number of pyridine rings is 1. The van der Waals surface area contributed by atoms with Crippen molar-refractivity contribution in [1.82, 2.24) is 9.88 Å². The Bertz CT molecular complexity index is 1070. The second kappa shape index (κ2) is 9.67. The molecule has 1 saturated heterocycles. The summed E-state index contributed by atoms with van der Waals surface area (Å²) < 4.78 is 0. The van der Waals surface area contributed by atoms with Crippen molar-refractivity contribution >= 4 is 39.9 Å². The van der Waals surface area contributed by atoms with Crippen molar-refractivity contribution in [3.8, 4) is 0 Å². The maximum atomic E-state index is 12.4. The fraction of sp³-hybridized carbons (Fsp3) is 0.360. The van der Waals surface area contributed by atoms with Crippen LogP contribution in [0.15, 0.2) is 48.5 Å². The van der Waals surface area contributed by atoms with Crippen molar-refractivity contribution in [1.29, 1.82) is 0 Å². The van der Waals surface area contributed by atoms with E-state index >= 15 is 0 Å². The lowest BCUT2D eigenvalue weighted by Crippen LogP contribution is -2.29. The summed E-state index contributed by atoms with van der Waals surface area (Å²) in [5.41, 5.74) is 4.05. The minimum atomic E-state index is 0.00483. The first-order valence-corrected chi connectivity index (χ1v) is 11.2. The van der Waals surface area contributed by atoms with E-state index in [1.54, 1.807) is 0 Å². The third-order valence-corrected chi connectivity index (χ3v) is 6.14. The van der Waals surface area contributed by atoms with Crippen molar-refractivity contribution in [2.45, 2.75) is 26.2 Å². The van der Waals surface area contributed by atoms with Crippen LogP contribution in [0.5, 0.6) is 0 Å². The summed E-state index contributed by atoms with van der Waals surface area (Å²) in [7, 11) is 2.17. The van der Waals surface area contributed by atoms with E-state index in [0.29, 0.717) is 17.9 Å². The predicted octanol–water partition coefficient (Wildman–Crippen LogP) is 4.91. The molecule has 1 aliphatic heterocycles. The molecular formula is C25H29ClN4O. The zero-order chi connectivity index (χ0) is 21.8. The first-order chi connectivity index (χ1) is 15.0. The molecule has 0 radical (unpaired) electrons. The third kappa shape index (κ3) is 5.54. The van der Waals surface area contributed by atoms with Gasteiger partial charge in [0.05, 0.1) is 5.52 Å². The normalized spacial score (nSPS) is 15.1. The highest BCUT2D eigenvalue weighted by molar-refractivity contribution is 6.30. The summed E-state index contributed by atoms with van der Waals surface area (Å²) in [6, 6.07) is 15.8. The van der Waals surface area contributed by atoms with E-state index in [0.717, 1.165) is 60.6 Å². The van der Waals surface area contributed by atoms with Crippen LogP contribution < -0.4 is 10.2 Å². The number of likely N-dealkylation sites (N-methyl/N-ethyl adjacent to an activating group) is 1. The van der Waals surface area contributed by atoms with Crippen molar-refractivity contribution in [3.05, 3.63) is 64.7 Å². The van der Waals surface area contributed by atoms with Gasteiger partial charge in [-0.15, -0.1) is 0 Å². The van der Waals surface area contributed by atoms with E-state index in [-0.39, 0.29) is 5.91 Å². The lowest BCUT2D eigenvalue weighted by atomic mass is 10.1. The molecule has 0 bridgehead atoms. The predicted molar refractivity (Wildman–Crippen MR) is 129 cm³/mol. The summed E-state index contributed by atoms with van der Waals surface area (Å²) in [5, 5.41) is 4.81. The van der Waals surface area contributed by atoms with E-state index < -0.39 is 0 Å². The van der Waals surface area contributed by atoms with E-state index in [2.05, 4.69) is 35.2 Å². The summed E-state index contributed by atoms with van der Waals surface area (Å²) in [6.45, 7) is 6.33. The van der Waals surface area contributed by atoms with Crippen LogP contribution in [0.4, 0.5) is 11.5 Å². The molecule has 0 unspecified atom stereocenters. The van der Waals surface area contributed by atoms with Gasteiger partial charge in [0.1, 0.15) is 5.82 Å². The van der Waals surface area contributed by atoms with Gasteiger partial charge >= 0.3 is 0 Å². The number of halogens is 1. The van der Waals surface area contributed by atoms with Gasteiger partial charge in [-0.1, -0.05) is 23.7 Å². The number of nitrogens with zero attached hydrogens (tertiary/aromatic N) is 3. The molecule has 1 aromatic heterocycles. The Kier molecular flexibility index (Phi) is 6.73. The van der Waals surface area contributed by atoms with Crippen molar-refractivity contribution in [2.24, 2.45) is 0 Å². The molecule has 2 heterocycles. The Morgan fingerprint density at radius 1 is 1.06 bits per heavy atom. The van der Waals surface area contributed by atoms with Crippen LogP contribution in [0.2, 0.25) is 5.02 Å². The molecule has 1 aliphatic rings. The zero-order valence-corrected chi connectivity index (χ0v) is 19.0. The Balaban J connectivity index is 1.44. The van der Waals surface area contributed by atoms with Gasteiger partial charge in [0, 0.05) is 42.2 Å². The summed E-state index contributed by atoms with van der Waals surface area (Å²) >= 11 is 5.92. The van der Waals surface area contributed by atoms with E-state index in [9.17, 15) is 4.79 Å². The van der Waals surface area contributed by atoms with Crippen LogP contribution in [-0.2, 0) is 11.2 Å². The first-order valence-electron chi connectivity index (χ1n) is 10.9. The van der Waals surface area contributed by atoms with Crippen LogP contribution in [0, 0.1) is 6.92 Å². The minimum absolute atomic E-state index is 0.00483. The second-order valence-corrected chi connectivity index (χ2v) is 8.78. The van der Waals surface area contributed by atoms with Crippen molar-refractivity contribution < 1.29 is 4.79 Å². The Labute approximate surface area is 189 Å². The number of anilines is 2. The number of aromatic nitrogens is 1. The number of aryl methyl sites for hydroxylation is 2. The molecule has 0 spiro atoms. The zero-order valence-electron chi connectivity index (χ0n) is 18.2. The highest BCUT2D eigenvalue weighted by Gasteiger charge is 2.15. The number of amides is 1. The number of fused-ring (bicyclic) bond motifs is 1. The lowest BCUT2D eigenvalue weighted by Gasteiger charge is -2.22. The largest absolute Gasteiger partial charge is 0.355 e. The molecule has 31 heavy (non-hydrogen) atoms. The van der Waals surface area contributed by atoms with Gasteiger partial charge in [0.15, 0.2) is 0 Å². The number of rotatable bonds is 5. The highest BCUT2D eigenvalue weighted by Crippen LogP contribution is 2.26. The molecular weight excluding hydrogens is 408 g/mol. The number of hydrogen-bond donors (Lipinski definition) is 1. The van der Waals surface area contributed by atoms with Crippen LogP contribution in [0.25, 0.3) is 10.9 Å². The Hall–Kier alpha value is -2.63. The molecule has 162 valence electrons. The Morgan fingerprint density at radius 3 is 2.68 bits per heavy atom. The fourth-order valence-electron chi connectivity index (χ4n) is 4.02. The number of hydrogen-bond acceptors (Lipinski definition) is 4. The SMILES string of the molecule is Cc1cc(N2CCCN(C)CC2)nc2ccc(NC(=O)CCc3ccc(Cl)cc3)cc12. The van der Waals surface area contributed by atoms with Crippen molar-refractivity contribution in [2.75, 3.05) is 43.4 Å². The second-order valence-electron chi connectivity index (χ2n) is 8.35. The van der Waals surface area contributed by atoms with Gasteiger partial charge in [-0.2, -0.15) is 0 Å². The number of carbonyl (C=O) groups excluding carboxylic acids is 1. The maximum Gasteiger partial charge on any atom is 0.224 e. The lowest BCUT2D eigenvalue weighted by molar-refractivity contribution is -0.116. The van der Waals surface area contributed by atoms with Gasteiger partial charge in [-0.3, -0.25) is 4.79 Å². The molecule has 0 aliphatic carbocycles. The van der Waals surface area contributed by atoms with Gasteiger partial charge in [0.25, 0.3) is 0 Å². The average molecular weight is 437 g/mol. The van der Waals surface area contributed by atoms with Crippen LogP contribution in [0.1, 0.15) is 24.0 Å². The third-order valence-electron chi connectivity index (χ3n) is 5.88. The van der Waals surface area contributed by atoms with Crippen LogP contribution in [-0.4, -0.2) is 49.0 Å². The Morgan fingerprint density at radius 2 is 1.87 bits per heavy atom. The smallest absolute Gasteiger partial charge is 0.224 e. The highest BCUT2D eigenvalue weighted by atomic mass is 35.5. The minimum Gasteiger partial charge on any atom is -0.355 e.